The fourth-order valence-corrected chi connectivity index (χ4v) is 2.31. The van der Waals surface area contributed by atoms with Crippen molar-refractivity contribution in [3.8, 4) is 0 Å². The van der Waals surface area contributed by atoms with E-state index >= 15 is 0 Å². The van der Waals surface area contributed by atoms with Crippen LogP contribution in [-0.2, 0) is 5.75 Å². The highest BCUT2D eigenvalue weighted by Crippen LogP contribution is 2.28. The van der Waals surface area contributed by atoms with E-state index in [0.29, 0.717) is 23.2 Å². The Kier molecular flexibility index (Phi) is 4.40. The van der Waals surface area contributed by atoms with Crippen molar-refractivity contribution in [1.82, 2.24) is 4.98 Å². The van der Waals surface area contributed by atoms with E-state index in [2.05, 4.69) is 10.3 Å². The smallest absolute Gasteiger partial charge is 0.292 e. The van der Waals surface area contributed by atoms with Gasteiger partial charge in [0.15, 0.2) is 0 Å². The summed E-state index contributed by atoms with van der Waals surface area (Å²) >= 11 is 1.40. The zero-order valence-electron chi connectivity index (χ0n) is 10.3. The van der Waals surface area contributed by atoms with Crippen LogP contribution in [0.3, 0.4) is 0 Å². The van der Waals surface area contributed by atoms with Gasteiger partial charge in [0, 0.05) is 18.4 Å². The van der Waals surface area contributed by atoms with Crippen molar-refractivity contribution in [3.63, 3.8) is 0 Å². The second-order valence-electron chi connectivity index (χ2n) is 3.73. The quantitative estimate of drug-likeness (QED) is 0.496. The summed E-state index contributed by atoms with van der Waals surface area (Å²) in [6, 6.07) is 5.17. The van der Waals surface area contributed by atoms with Gasteiger partial charge in [0.2, 0.25) is 0 Å². The number of oxazole rings is 1. The highest BCUT2D eigenvalue weighted by atomic mass is 32.2. The number of nitro benzene ring substituents is 1. The highest BCUT2D eigenvalue weighted by Gasteiger charge is 2.14. The lowest BCUT2D eigenvalue weighted by Gasteiger charge is -2.06. The van der Waals surface area contributed by atoms with Crippen molar-refractivity contribution in [3.05, 3.63) is 46.3 Å². The molecule has 0 unspecified atom stereocenters. The lowest BCUT2D eigenvalue weighted by atomic mass is 10.2. The SMILES string of the molecule is CCNc1ccc(CSc2ncco2)cc1[N+](=O)[O-]. The van der Waals surface area contributed by atoms with Gasteiger partial charge in [0.05, 0.1) is 11.1 Å². The van der Waals surface area contributed by atoms with Crippen LogP contribution in [0.4, 0.5) is 11.4 Å². The topological polar surface area (TPSA) is 81.2 Å². The summed E-state index contributed by atoms with van der Waals surface area (Å²) in [4.78, 5) is 14.6. The molecule has 0 aliphatic carbocycles. The van der Waals surface area contributed by atoms with Crippen LogP contribution in [0.15, 0.2) is 40.3 Å². The van der Waals surface area contributed by atoms with Gasteiger partial charge < -0.3 is 9.73 Å². The number of nitro groups is 1. The van der Waals surface area contributed by atoms with E-state index in [1.54, 1.807) is 18.3 Å². The number of nitrogens with zero attached hydrogens (tertiary/aromatic N) is 2. The number of nitrogens with one attached hydrogen (secondary N) is 1. The first-order valence-corrected chi connectivity index (χ1v) is 6.72. The van der Waals surface area contributed by atoms with Crippen LogP contribution in [-0.4, -0.2) is 16.5 Å². The summed E-state index contributed by atoms with van der Waals surface area (Å²) in [6.07, 6.45) is 3.07. The summed E-state index contributed by atoms with van der Waals surface area (Å²) in [5, 5.41) is 14.5. The number of thioether (sulfide) groups is 1. The Morgan fingerprint density at radius 3 is 3.00 bits per heavy atom. The van der Waals surface area contributed by atoms with Crippen molar-refractivity contribution >= 4 is 23.1 Å². The van der Waals surface area contributed by atoms with E-state index < -0.39 is 0 Å². The Labute approximate surface area is 114 Å². The largest absolute Gasteiger partial charge is 0.440 e. The number of hydrogen-bond acceptors (Lipinski definition) is 6. The third-order valence-corrected chi connectivity index (χ3v) is 3.32. The van der Waals surface area contributed by atoms with Crippen LogP contribution in [0.2, 0.25) is 0 Å². The third kappa shape index (κ3) is 3.47. The standard InChI is InChI=1S/C12H13N3O3S/c1-2-13-10-4-3-9(7-11(10)15(16)17)8-19-12-14-5-6-18-12/h3-7,13H,2,8H2,1H3. The molecule has 0 fully saturated rings. The number of benzene rings is 1. The van der Waals surface area contributed by atoms with Crippen molar-refractivity contribution in [2.75, 3.05) is 11.9 Å². The number of hydrogen-bond donors (Lipinski definition) is 1. The summed E-state index contributed by atoms with van der Waals surface area (Å²) in [6.45, 7) is 2.54. The van der Waals surface area contributed by atoms with Crippen LogP contribution in [0.1, 0.15) is 12.5 Å². The minimum atomic E-state index is -0.378. The van der Waals surface area contributed by atoms with Crippen molar-refractivity contribution in [2.45, 2.75) is 17.9 Å². The molecule has 0 aliphatic heterocycles. The van der Waals surface area contributed by atoms with Gasteiger partial charge in [0.25, 0.3) is 10.9 Å². The minimum Gasteiger partial charge on any atom is -0.440 e. The van der Waals surface area contributed by atoms with Crippen LogP contribution in [0.25, 0.3) is 0 Å². The third-order valence-electron chi connectivity index (χ3n) is 2.40. The molecular formula is C12H13N3O3S. The van der Waals surface area contributed by atoms with E-state index in [9.17, 15) is 10.1 Å². The van der Waals surface area contributed by atoms with Crippen molar-refractivity contribution in [2.24, 2.45) is 0 Å². The lowest BCUT2D eigenvalue weighted by molar-refractivity contribution is -0.384. The first-order valence-electron chi connectivity index (χ1n) is 5.74. The van der Waals surface area contributed by atoms with Crippen molar-refractivity contribution < 1.29 is 9.34 Å². The van der Waals surface area contributed by atoms with Gasteiger partial charge in [-0.25, -0.2) is 4.98 Å². The van der Waals surface area contributed by atoms with Crippen LogP contribution in [0, 0.1) is 10.1 Å². The predicted octanol–water partition coefficient (Wildman–Crippen LogP) is 3.31. The van der Waals surface area contributed by atoms with Gasteiger partial charge in [-0.1, -0.05) is 17.8 Å². The molecule has 0 saturated heterocycles. The Morgan fingerprint density at radius 1 is 1.53 bits per heavy atom. The average molecular weight is 279 g/mol. The summed E-state index contributed by atoms with van der Waals surface area (Å²) in [7, 11) is 0. The summed E-state index contributed by atoms with van der Waals surface area (Å²) in [5.41, 5.74) is 1.49. The molecule has 1 heterocycles. The molecule has 2 aromatic rings. The van der Waals surface area contributed by atoms with E-state index in [0.717, 1.165) is 5.56 Å². The molecule has 0 spiro atoms. The van der Waals surface area contributed by atoms with Gasteiger partial charge in [-0.3, -0.25) is 10.1 Å². The minimum absolute atomic E-state index is 0.0901. The number of aromatic nitrogens is 1. The molecule has 0 radical (unpaired) electrons. The molecule has 100 valence electrons. The van der Waals surface area contributed by atoms with Gasteiger partial charge in [-0.2, -0.15) is 0 Å². The van der Waals surface area contributed by atoms with Gasteiger partial charge in [-0.05, 0) is 18.6 Å². The molecule has 1 aromatic heterocycles. The Morgan fingerprint density at radius 2 is 2.37 bits per heavy atom. The van der Waals surface area contributed by atoms with Crippen LogP contribution in [0.5, 0.6) is 0 Å². The van der Waals surface area contributed by atoms with E-state index in [4.69, 9.17) is 4.42 Å². The maximum Gasteiger partial charge on any atom is 0.292 e. The van der Waals surface area contributed by atoms with Gasteiger partial charge in [-0.15, -0.1) is 0 Å². The Balaban J connectivity index is 2.13. The first-order chi connectivity index (χ1) is 9.20. The molecule has 0 aliphatic rings. The van der Waals surface area contributed by atoms with Gasteiger partial charge >= 0.3 is 0 Å². The second kappa shape index (κ2) is 6.24. The Bertz CT molecular complexity index is 557. The normalized spacial score (nSPS) is 10.4. The molecule has 7 heteroatoms. The summed E-state index contributed by atoms with van der Waals surface area (Å²) in [5.74, 6) is 0.577. The predicted molar refractivity (Wildman–Crippen MR) is 73.3 cm³/mol. The molecular weight excluding hydrogens is 266 g/mol. The molecule has 2 rings (SSSR count). The van der Waals surface area contributed by atoms with E-state index in [1.165, 1.54) is 18.0 Å². The molecule has 0 saturated carbocycles. The zero-order valence-corrected chi connectivity index (χ0v) is 11.1. The van der Waals surface area contributed by atoms with Gasteiger partial charge in [0.1, 0.15) is 12.0 Å². The maximum atomic E-state index is 11.0. The van der Waals surface area contributed by atoms with E-state index in [-0.39, 0.29) is 10.6 Å². The lowest BCUT2D eigenvalue weighted by Crippen LogP contribution is -2.01. The van der Waals surface area contributed by atoms with Crippen LogP contribution >= 0.6 is 11.8 Å². The second-order valence-corrected chi connectivity index (χ2v) is 4.65. The molecule has 1 aromatic carbocycles. The molecule has 6 nitrogen and oxygen atoms in total. The molecule has 0 atom stereocenters. The zero-order chi connectivity index (χ0) is 13.7. The molecule has 0 amide bonds. The monoisotopic (exact) mass is 279 g/mol. The molecule has 1 N–H and O–H groups in total. The summed E-state index contributed by atoms with van der Waals surface area (Å²) < 4.78 is 5.10. The fraction of sp³-hybridized carbons (Fsp3) is 0.250. The fourth-order valence-electron chi connectivity index (χ4n) is 1.58. The van der Waals surface area contributed by atoms with Crippen molar-refractivity contribution in [1.29, 1.82) is 0 Å². The van der Waals surface area contributed by atoms with Crippen LogP contribution < -0.4 is 5.32 Å². The molecule has 19 heavy (non-hydrogen) atoms. The maximum absolute atomic E-state index is 11.0. The Hall–Kier alpha value is -2.02. The highest BCUT2D eigenvalue weighted by molar-refractivity contribution is 7.98. The number of anilines is 1. The van der Waals surface area contributed by atoms with E-state index in [1.807, 2.05) is 13.0 Å². The number of rotatable bonds is 6. The average Bonchev–Trinajstić information content (AvgIpc) is 2.91. The first kappa shape index (κ1) is 13.4. The molecule has 0 bridgehead atoms.